The second kappa shape index (κ2) is 12.9. The van der Waals surface area contributed by atoms with Gasteiger partial charge in [-0.25, -0.2) is 4.79 Å². The average molecular weight is 601 g/mol. The summed E-state index contributed by atoms with van der Waals surface area (Å²) in [7, 11) is 1.25. The number of aliphatic hydroxyl groups excluding tert-OH is 2. The first kappa shape index (κ1) is 30.8. The number of nitro groups is 1. The van der Waals surface area contributed by atoms with E-state index in [4.69, 9.17) is 24.7 Å². The van der Waals surface area contributed by atoms with Gasteiger partial charge in [-0.3, -0.25) is 10.1 Å². The molecule has 44 heavy (non-hydrogen) atoms. The summed E-state index contributed by atoms with van der Waals surface area (Å²) in [5.74, 6) is -2.03. The van der Waals surface area contributed by atoms with Crippen LogP contribution in [-0.4, -0.2) is 59.4 Å². The third-order valence-corrected chi connectivity index (χ3v) is 7.79. The van der Waals surface area contributed by atoms with Gasteiger partial charge >= 0.3 is 6.09 Å². The third-order valence-electron chi connectivity index (χ3n) is 7.79. The van der Waals surface area contributed by atoms with E-state index in [0.717, 1.165) is 16.7 Å². The van der Waals surface area contributed by atoms with E-state index in [0.29, 0.717) is 0 Å². The molecule has 1 fully saturated rings. The lowest BCUT2D eigenvalue weighted by Crippen LogP contribution is -2.65. The van der Waals surface area contributed by atoms with Crippen molar-refractivity contribution in [2.45, 2.75) is 35.8 Å². The van der Waals surface area contributed by atoms with Crippen LogP contribution in [0.3, 0.4) is 0 Å². The van der Waals surface area contributed by atoms with E-state index >= 15 is 0 Å². The molecule has 4 aromatic rings. The van der Waals surface area contributed by atoms with Crippen molar-refractivity contribution in [1.82, 2.24) is 0 Å². The number of benzene rings is 4. The lowest BCUT2D eigenvalue weighted by atomic mass is 9.80. The molecule has 228 valence electrons. The van der Waals surface area contributed by atoms with Gasteiger partial charge in [-0.1, -0.05) is 91.0 Å². The molecule has 0 radical (unpaired) electrons. The van der Waals surface area contributed by atoms with Gasteiger partial charge in [-0.15, -0.1) is 0 Å². The topological polar surface area (TPSA) is 164 Å². The molecule has 0 saturated carbocycles. The van der Waals surface area contributed by atoms with Crippen LogP contribution in [0.25, 0.3) is 0 Å². The predicted molar refractivity (Wildman–Crippen MR) is 158 cm³/mol. The highest BCUT2D eigenvalue weighted by molar-refractivity contribution is 5.65. The minimum Gasteiger partial charge on any atom is -0.440 e. The van der Waals surface area contributed by atoms with E-state index < -0.39 is 46.8 Å². The molecule has 5 atom stereocenters. The minimum atomic E-state index is -2.03. The second-order valence-electron chi connectivity index (χ2n) is 10.3. The van der Waals surface area contributed by atoms with Gasteiger partial charge in [0.15, 0.2) is 12.2 Å². The molecular formula is C33H32N2O9. The maximum atomic E-state index is 11.9. The van der Waals surface area contributed by atoms with E-state index in [-0.39, 0.29) is 17.9 Å². The van der Waals surface area contributed by atoms with Crippen LogP contribution in [0.5, 0.6) is 0 Å². The van der Waals surface area contributed by atoms with Crippen LogP contribution in [0.2, 0.25) is 0 Å². The molecule has 0 aromatic heterocycles. The van der Waals surface area contributed by atoms with Crippen molar-refractivity contribution in [2.24, 2.45) is 5.73 Å². The maximum absolute atomic E-state index is 11.9. The fourth-order valence-corrected chi connectivity index (χ4v) is 5.70. The number of nitrogens with zero attached hydrogens (tertiary/aromatic N) is 1. The molecule has 5 rings (SSSR count). The van der Waals surface area contributed by atoms with Gasteiger partial charge in [0.2, 0.25) is 5.79 Å². The molecule has 1 heterocycles. The van der Waals surface area contributed by atoms with Crippen molar-refractivity contribution in [2.75, 3.05) is 13.7 Å². The first-order valence-electron chi connectivity index (χ1n) is 13.8. The van der Waals surface area contributed by atoms with Crippen LogP contribution in [0.1, 0.15) is 22.3 Å². The number of non-ortho nitro benzene ring substituents is 1. The Labute approximate surface area is 253 Å². The van der Waals surface area contributed by atoms with Crippen molar-refractivity contribution in [3.8, 4) is 0 Å². The summed E-state index contributed by atoms with van der Waals surface area (Å²) < 4.78 is 24.0. The van der Waals surface area contributed by atoms with Gasteiger partial charge in [0.25, 0.3) is 5.69 Å². The van der Waals surface area contributed by atoms with Gasteiger partial charge in [0.1, 0.15) is 17.8 Å². The Morgan fingerprint density at radius 3 is 1.77 bits per heavy atom. The predicted octanol–water partition coefficient (Wildman–Crippen LogP) is 3.99. The Morgan fingerprint density at radius 1 is 0.886 bits per heavy atom. The van der Waals surface area contributed by atoms with Crippen molar-refractivity contribution in [3.05, 3.63) is 148 Å². The molecule has 11 heteroatoms. The number of nitro benzene ring substituents is 1. The first-order chi connectivity index (χ1) is 21.2. The lowest BCUT2D eigenvalue weighted by molar-refractivity contribution is -0.385. The molecule has 1 saturated heterocycles. The number of primary amides is 1. The van der Waals surface area contributed by atoms with Crippen LogP contribution in [0.4, 0.5) is 10.5 Å². The fourth-order valence-electron chi connectivity index (χ4n) is 5.70. The normalized spacial score (nSPS) is 23.5. The van der Waals surface area contributed by atoms with Gasteiger partial charge in [-0.2, -0.15) is 0 Å². The zero-order valence-corrected chi connectivity index (χ0v) is 23.8. The van der Waals surface area contributed by atoms with Gasteiger partial charge in [0, 0.05) is 24.8 Å². The number of methoxy groups -OCH3 is 1. The number of carbonyl (C=O) groups is 1. The Kier molecular flexibility index (Phi) is 9.04. The monoisotopic (exact) mass is 600 g/mol. The number of nitrogens with two attached hydrogens (primary N) is 1. The summed E-state index contributed by atoms with van der Waals surface area (Å²) in [4.78, 5) is 22.6. The van der Waals surface area contributed by atoms with E-state index in [1.54, 1.807) is 0 Å². The van der Waals surface area contributed by atoms with Gasteiger partial charge in [-0.05, 0) is 28.8 Å². The van der Waals surface area contributed by atoms with Crippen LogP contribution in [-0.2, 0) is 30.3 Å². The number of rotatable bonds is 10. The molecular weight excluding hydrogens is 568 g/mol. The van der Waals surface area contributed by atoms with Crippen LogP contribution in [0, 0.1) is 10.1 Å². The number of aliphatic hydroxyl groups is 2. The van der Waals surface area contributed by atoms with Crippen molar-refractivity contribution in [1.29, 1.82) is 0 Å². The van der Waals surface area contributed by atoms with Crippen molar-refractivity contribution in [3.63, 3.8) is 0 Å². The molecule has 1 amide bonds. The van der Waals surface area contributed by atoms with Crippen LogP contribution >= 0.6 is 0 Å². The van der Waals surface area contributed by atoms with Crippen molar-refractivity contribution >= 4 is 11.8 Å². The molecule has 1 aliphatic heterocycles. The summed E-state index contributed by atoms with van der Waals surface area (Å²) in [6, 6.07) is 33.7. The molecule has 0 unspecified atom stereocenters. The van der Waals surface area contributed by atoms with Gasteiger partial charge in [0.05, 0.1) is 11.5 Å². The van der Waals surface area contributed by atoms with E-state index in [1.807, 2.05) is 91.0 Å². The Bertz CT molecular complexity index is 1460. The first-order valence-corrected chi connectivity index (χ1v) is 13.8. The van der Waals surface area contributed by atoms with Gasteiger partial charge < -0.3 is 34.9 Å². The number of ether oxygens (including phenoxy) is 4. The summed E-state index contributed by atoms with van der Waals surface area (Å²) in [6.45, 7) is -0.288. The zero-order valence-electron chi connectivity index (χ0n) is 23.8. The van der Waals surface area contributed by atoms with E-state index in [2.05, 4.69) is 0 Å². The Hall–Kier alpha value is -4.65. The van der Waals surface area contributed by atoms with E-state index in [1.165, 1.54) is 31.4 Å². The summed E-state index contributed by atoms with van der Waals surface area (Å²) >= 11 is 0. The molecule has 11 nitrogen and oxygen atoms in total. The highest BCUT2D eigenvalue weighted by atomic mass is 16.7. The highest BCUT2D eigenvalue weighted by Crippen LogP contribution is 2.44. The largest absolute Gasteiger partial charge is 0.440 e. The van der Waals surface area contributed by atoms with Crippen LogP contribution < -0.4 is 5.73 Å². The van der Waals surface area contributed by atoms with Crippen LogP contribution in [0.15, 0.2) is 115 Å². The molecule has 1 aliphatic rings. The number of hydrogen-bond acceptors (Lipinski definition) is 9. The number of carbonyl (C=O) groups excluding carboxylic acids is 1. The summed E-state index contributed by atoms with van der Waals surface area (Å²) in [5.41, 5.74) is 6.48. The second-order valence-corrected chi connectivity index (χ2v) is 10.3. The summed E-state index contributed by atoms with van der Waals surface area (Å²) in [6.07, 6.45) is -7.50. The number of amides is 1. The third kappa shape index (κ3) is 5.66. The Balaban J connectivity index is 1.60. The standard InChI is InChI=1S/C33H32N2O9/c1-41-33(25-17-19-26(20-18-25)35(39)40)30(37)29(43-31(34)38)28(36)27(44-33)21-42-32(22-11-5-2-6-12-22,23-13-7-3-8-14-23)24-15-9-4-10-16-24/h2-20,27-30,36-37H,21H2,1H3,(H2,34,38)/t27-,28-,29+,30+,33+/m1/s1. The molecule has 4 N–H and O–H groups in total. The zero-order chi connectivity index (χ0) is 31.3. The molecule has 0 aliphatic carbocycles. The average Bonchev–Trinajstić information content (AvgIpc) is 3.06. The number of hydrogen-bond donors (Lipinski definition) is 3. The highest BCUT2D eigenvalue weighted by Gasteiger charge is 2.58. The quantitative estimate of drug-likeness (QED) is 0.139. The smallest absolute Gasteiger partial charge is 0.404 e. The molecule has 4 aromatic carbocycles. The minimum absolute atomic E-state index is 0.175. The van der Waals surface area contributed by atoms with Crippen molar-refractivity contribution < 1.29 is 38.9 Å². The molecule has 0 spiro atoms. The molecule has 0 bridgehead atoms. The summed E-state index contributed by atoms with van der Waals surface area (Å²) in [5, 5.41) is 34.1. The SMILES string of the molecule is CO[C@@]1(c2ccc([N+](=O)[O-])cc2)O[C@H](COC(c2ccccc2)(c2ccccc2)c2ccccc2)[C@@H](O)[C@H](OC(N)=O)[C@@H]1O. The maximum Gasteiger partial charge on any atom is 0.404 e. The fraction of sp³-hybridized carbons (Fsp3) is 0.242. The van der Waals surface area contributed by atoms with E-state index in [9.17, 15) is 25.1 Å². The Morgan fingerprint density at radius 2 is 1.36 bits per heavy atom. The lowest BCUT2D eigenvalue weighted by Gasteiger charge is -2.49.